The van der Waals surface area contributed by atoms with Crippen molar-refractivity contribution >= 4 is 34.8 Å². The third-order valence-electron chi connectivity index (χ3n) is 6.73. The van der Waals surface area contributed by atoms with Gasteiger partial charge in [-0.1, -0.05) is 29.8 Å². The highest BCUT2D eigenvalue weighted by atomic mass is 35.5. The van der Waals surface area contributed by atoms with Gasteiger partial charge in [0.25, 0.3) is 5.91 Å². The van der Waals surface area contributed by atoms with Crippen LogP contribution in [0, 0.1) is 5.92 Å². The number of rotatable bonds is 4. The Kier molecular flexibility index (Phi) is 5.37. The molecule has 2 amide bonds. The van der Waals surface area contributed by atoms with Crippen LogP contribution in [0.15, 0.2) is 36.4 Å². The van der Waals surface area contributed by atoms with Crippen LogP contribution in [0.5, 0.6) is 0 Å². The molecular weight excluding hydrogens is 400 g/mol. The Morgan fingerprint density at radius 3 is 2.50 bits per heavy atom. The van der Waals surface area contributed by atoms with E-state index in [9.17, 15) is 14.7 Å². The topological polar surface area (TPSA) is 83.6 Å². The van der Waals surface area contributed by atoms with E-state index in [1.807, 2.05) is 19.9 Å². The van der Waals surface area contributed by atoms with Crippen molar-refractivity contribution in [2.45, 2.75) is 50.9 Å². The molecule has 1 saturated carbocycles. The second-order valence-corrected chi connectivity index (χ2v) is 9.35. The lowest BCUT2D eigenvalue weighted by Gasteiger charge is -2.28. The average molecular weight is 427 g/mol. The van der Waals surface area contributed by atoms with Crippen LogP contribution < -0.4 is 10.6 Å². The number of fused-ring (bicyclic) bond motifs is 1. The molecule has 4 rings (SSSR count). The summed E-state index contributed by atoms with van der Waals surface area (Å²) in [4.78, 5) is 27.2. The van der Waals surface area contributed by atoms with Gasteiger partial charge in [0.1, 0.15) is 0 Å². The van der Waals surface area contributed by atoms with Crippen LogP contribution in [0.1, 0.15) is 66.9 Å². The molecule has 30 heavy (non-hydrogen) atoms. The Balaban J connectivity index is 1.80. The average Bonchev–Trinajstić information content (AvgIpc) is 2.93. The van der Waals surface area contributed by atoms with Crippen molar-refractivity contribution < 1.29 is 14.7 Å². The predicted octanol–water partition coefficient (Wildman–Crippen LogP) is 4.66. The van der Waals surface area contributed by atoms with Crippen molar-refractivity contribution in [1.29, 1.82) is 0 Å². The highest BCUT2D eigenvalue weighted by molar-refractivity contribution is 6.35. The number of carbonyl (C=O) groups is 2. The molecule has 2 aliphatic rings. The van der Waals surface area contributed by atoms with E-state index in [2.05, 4.69) is 12.1 Å². The molecule has 1 heterocycles. The highest BCUT2D eigenvalue weighted by Crippen LogP contribution is 2.48. The number of aliphatic hydroxyl groups is 1. The summed E-state index contributed by atoms with van der Waals surface area (Å²) < 4.78 is 0. The molecule has 1 aliphatic heterocycles. The lowest BCUT2D eigenvalue weighted by molar-refractivity contribution is -0.121. The molecule has 0 aromatic heterocycles. The maximum absolute atomic E-state index is 13.4. The van der Waals surface area contributed by atoms with Crippen LogP contribution in [-0.2, 0) is 10.2 Å². The Hall–Kier alpha value is -2.37. The van der Waals surface area contributed by atoms with E-state index in [0.717, 1.165) is 36.9 Å². The third-order valence-corrected chi connectivity index (χ3v) is 7.04. The largest absolute Gasteiger partial charge is 0.396 e. The molecule has 0 atom stereocenters. The zero-order valence-corrected chi connectivity index (χ0v) is 18.1. The molecule has 6 heteroatoms. The molecule has 5 nitrogen and oxygen atoms in total. The number of hydrogen-bond acceptors (Lipinski definition) is 3. The number of hydrogen-bond donors (Lipinski definition) is 2. The first kappa shape index (κ1) is 20.9. The van der Waals surface area contributed by atoms with Gasteiger partial charge in [-0.3, -0.25) is 14.5 Å². The van der Waals surface area contributed by atoms with Gasteiger partial charge in [-0.15, -0.1) is 0 Å². The van der Waals surface area contributed by atoms with E-state index in [0.29, 0.717) is 17.5 Å². The first-order valence-corrected chi connectivity index (χ1v) is 10.8. The van der Waals surface area contributed by atoms with E-state index in [1.165, 1.54) is 5.56 Å². The Labute approximate surface area is 181 Å². The van der Waals surface area contributed by atoms with Gasteiger partial charge in [-0.2, -0.15) is 0 Å². The molecule has 0 radical (unpaired) electrons. The van der Waals surface area contributed by atoms with Crippen LogP contribution in [-0.4, -0.2) is 23.5 Å². The molecule has 3 N–H and O–H groups in total. The van der Waals surface area contributed by atoms with Gasteiger partial charge in [-0.05, 0) is 80.7 Å². The fourth-order valence-electron chi connectivity index (χ4n) is 4.88. The van der Waals surface area contributed by atoms with Gasteiger partial charge in [0, 0.05) is 6.61 Å². The summed E-state index contributed by atoms with van der Waals surface area (Å²) in [6.45, 7) is 4.04. The normalized spacial score (nSPS) is 22.8. The number of primary amides is 1. The second-order valence-electron chi connectivity index (χ2n) is 8.94. The fraction of sp³-hybridized carbons (Fsp3) is 0.417. The Morgan fingerprint density at radius 1 is 1.17 bits per heavy atom. The van der Waals surface area contributed by atoms with Crippen molar-refractivity contribution in [3.8, 4) is 0 Å². The second kappa shape index (κ2) is 7.71. The SMILES string of the molecule is CC1(C)C(=O)N(c2cccc(Cl)c2C(N)=O)c2cc(C3CCC(CO)CC3)ccc21. The Bertz CT molecular complexity index is 1010. The zero-order chi connectivity index (χ0) is 21.6. The molecular formula is C24H27ClN2O3. The van der Waals surface area contributed by atoms with E-state index in [-0.39, 0.29) is 23.1 Å². The number of amides is 2. The lowest BCUT2D eigenvalue weighted by atomic mass is 9.78. The smallest absolute Gasteiger partial charge is 0.252 e. The maximum atomic E-state index is 13.4. The van der Waals surface area contributed by atoms with Gasteiger partial charge < -0.3 is 10.8 Å². The third kappa shape index (κ3) is 3.30. The van der Waals surface area contributed by atoms with Gasteiger partial charge in [0.15, 0.2) is 0 Å². The molecule has 0 spiro atoms. The molecule has 0 saturated heterocycles. The summed E-state index contributed by atoms with van der Waals surface area (Å²) in [6, 6.07) is 11.3. The van der Waals surface area contributed by atoms with Crippen LogP contribution in [0.3, 0.4) is 0 Å². The summed E-state index contributed by atoms with van der Waals surface area (Å²) >= 11 is 6.27. The molecule has 158 valence electrons. The monoisotopic (exact) mass is 426 g/mol. The van der Waals surface area contributed by atoms with Gasteiger partial charge in [0.05, 0.1) is 27.4 Å². The number of carbonyl (C=O) groups excluding carboxylic acids is 2. The van der Waals surface area contributed by atoms with Crippen molar-refractivity contribution in [3.05, 3.63) is 58.1 Å². The van der Waals surface area contributed by atoms with Crippen molar-refractivity contribution in [3.63, 3.8) is 0 Å². The number of aliphatic hydroxyl groups excluding tert-OH is 1. The first-order valence-electron chi connectivity index (χ1n) is 10.4. The quantitative estimate of drug-likeness (QED) is 0.745. The summed E-state index contributed by atoms with van der Waals surface area (Å²) in [7, 11) is 0. The Morgan fingerprint density at radius 2 is 1.87 bits per heavy atom. The van der Waals surface area contributed by atoms with E-state index < -0.39 is 11.3 Å². The standard InChI is InChI=1S/C24H27ClN2O3/c1-24(2)17-11-10-16(15-8-6-14(13-28)7-9-15)12-20(17)27(23(24)30)19-5-3-4-18(25)21(19)22(26)29/h3-5,10-12,14-15,28H,6-9,13H2,1-2H3,(H2,26,29). The number of benzene rings is 2. The molecule has 2 aromatic rings. The number of halogens is 1. The van der Waals surface area contributed by atoms with Crippen LogP contribution in [0.2, 0.25) is 5.02 Å². The van der Waals surface area contributed by atoms with Crippen LogP contribution >= 0.6 is 11.6 Å². The van der Waals surface area contributed by atoms with Gasteiger partial charge in [0.2, 0.25) is 5.91 Å². The molecule has 1 aliphatic carbocycles. The molecule has 0 bridgehead atoms. The lowest BCUT2D eigenvalue weighted by Crippen LogP contribution is -2.34. The summed E-state index contributed by atoms with van der Waals surface area (Å²) in [5.41, 5.74) is 8.36. The number of nitrogens with zero attached hydrogens (tertiary/aromatic N) is 1. The van der Waals surface area contributed by atoms with Crippen molar-refractivity contribution in [2.24, 2.45) is 11.7 Å². The van der Waals surface area contributed by atoms with E-state index in [4.69, 9.17) is 17.3 Å². The van der Waals surface area contributed by atoms with Crippen molar-refractivity contribution in [1.82, 2.24) is 0 Å². The van der Waals surface area contributed by atoms with Gasteiger partial charge in [-0.25, -0.2) is 0 Å². The van der Waals surface area contributed by atoms with Crippen LogP contribution in [0.25, 0.3) is 0 Å². The first-order chi connectivity index (χ1) is 14.3. The van der Waals surface area contributed by atoms with Crippen molar-refractivity contribution in [2.75, 3.05) is 11.5 Å². The fourth-order valence-corrected chi connectivity index (χ4v) is 5.14. The molecule has 0 unspecified atom stereocenters. The van der Waals surface area contributed by atoms with E-state index in [1.54, 1.807) is 23.1 Å². The maximum Gasteiger partial charge on any atom is 0.252 e. The molecule has 2 aromatic carbocycles. The van der Waals surface area contributed by atoms with Crippen LogP contribution in [0.4, 0.5) is 11.4 Å². The highest BCUT2D eigenvalue weighted by Gasteiger charge is 2.45. The number of nitrogens with two attached hydrogens (primary N) is 1. The summed E-state index contributed by atoms with van der Waals surface area (Å²) in [6.07, 6.45) is 4.05. The minimum Gasteiger partial charge on any atom is -0.396 e. The number of anilines is 2. The minimum absolute atomic E-state index is 0.108. The zero-order valence-electron chi connectivity index (χ0n) is 17.3. The van der Waals surface area contributed by atoms with Gasteiger partial charge >= 0.3 is 0 Å². The minimum atomic E-state index is -0.723. The molecule has 1 fully saturated rings. The summed E-state index contributed by atoms with van der Waals surface area (Å²) in [5, 5.41) is 9.66. The van der Waals surface area contributed by atoms with E-state index >= 15 is 0 Å². The predicted molar refractivity (Wildman–Crippen MR) is 118 cm³/mol. The summed E-state index contributed by atoms with van der Waals surface area (Å²) in [5.74, 6) is 0.0163.